The van der Waals surface area contributed by atoms with Gasteiger partial charge in [0.1, 0.15) is 11.5 Å². The summed E-state index contributed by atoms with van der Waals surface area (Å²) in [7, 11) is 0. The molecule has 4 unspecified atom stereocenters. The van der Waals surface area contributed by atoms with Crippen molar-refractivity contribution in [2.24, 2.45) is 47.3 Å². The summed E-state index contributed by atoms with van der Waals surface area (Å²) in [6, 6.07) is 23.5. The number of rotatable bonds is 31. The summed E-state index contributed by atoms with van der Waals surface area (Å²) in [5.41, 5.74) is 7.34. The first-order chi connectivity index (χ1) is 33.5. The fourth-order valence-electron chi connectivity index (χ4n) is 10.9. The molecule has 2 aromatic heterocycles. The van der Waals surface area contributed by atoms with Crippen molar-refractivity contribution < 1.29 is 9.47 Å². The van der Waals surface area contributed by atoms with Crippen LogP contribution in [0.3, 0.4) is 0 Å². The number of halogens is 2. The van der Waals surface area contributed by atoms with E-state index in [-0.39, 0.29) is 0 Å². The zero-order valence-corrected chi connectivity index (χ0v) is 49.2. The van der Waals surface area contributed by atoms with Gasteiger partial charge in [-0.05, 0) is 122 Å². The van der Waals surface area contributed by atoms with Crippen LogP contribution in [-0.2, 0) is 13.1 Å². The predicted octanol–water partition coefficient (Wildman–Crippen LogP) is 21.3. The Hall–Kier alpha value is -2.96. The molecule has 0 N–H and O–H groups in total. The van der Waals surface area contributed by atoms with Crippen molar-refractivity contribution in [2.75, 3.05) is 13.2 Å². The number of benzene rings is 4. The minimum atomic E-state index is 0.604. The van der Waals surface area contributed by atoms with Crippen molar-refractivity contribution in [3.8, 4) is 22.6 Å². The highest BCUT2D eigenvalue weighted by Crippen LogP contribution is 2.46. The largest absolute Gasteiger partial charge is 0.493 e. The van der Waals surface area contributed by atoms with Crippen LogP contribution in [-0.4, -0.2) is 22.3 Å². The van der Waals surface area contributed by atoms with Crippen LogP contribution >= 0.6 is 31.9 Å². The summed E-state index contributed by atoms with van der Waals surface area (Å²) in [6.07, 6.45) is 19.8. The molecule has 6 heteroatoms. The van der Waals surface area contributed by atoms with Crippen molar-refractivity contribution >= 4 is 75.5 Å². The molecule has 0 fully saturated rings. The molecule has 0 saturated carbocycles. The Labute approximate surface area is 443 Å². The third-order valence-corrected chi connectivity index (χ3v) is 16.5. The van der Waals surface area contributed by atoms with Gasteiger partial charge in [0.25, 0.3) is 0 Å². The van der Waals surface area contributed by atoms with Crippen LogP contribution < -0.4 is 9.47 Å². The Morgan fingerprint density at radius 3 is 1.00 bits per heavy atom. The van der Waals surface area contributed by atoms with Gasteiger partial charge in [0.05, 0.1) is 24.2 Å². The Kier molecular flexibility index (Phi) is 22.0. The Morgan fingerprint density at radius 1 is 0.357 bits per heavy atom. The molecule has 0 aliphatic rings. The topological polar surface area (TPSA) is 28.3 Å². The van der Waals surface area contributed by atoms with Gasteiger partial charge in [-0.3, -0.25) is 0 Å². The van der Waals surface area contributed by atoms with E-state index in [4.69, 9.17) is 9.47 Å². The molecule has 0 bridgehead atoms. The fourth-order valence-corrected chi connectivity index (χ4v) is 11.6. The molecule has 386 valence electrons. The molecule has 0 saturated heterocycles. The first kappa shape index (κ1) is 56.3. The molecule has 70 heavy (non-hydrogen) atoms. The molecule has 6 rings (SSSR count). The van der Waals surface area contributed by atoms with Crippen molar-refractivity contribution in [3.05, 3.63) is 69.6 Å². The van der Waals surface area contributed by atoms with E-state index in [9.17, 15) is 0 Å². The van der Waals surface area contributed by atoms with Crippen molar-refractivity contribution in [2.45, 2.75) is 199 Å². The third kappa shape index (κ3) is 16.0. The van der Waals surface area contributed by atoms with Crippen LogP contribution in [0.5, 0.6) is 11.5 Å². The van der Waals surface area contributed by atoms with Gasteiger partial charge in [0.2, 0.25) is 0 Å². The monoisotopic (exact) mass is 1080 g/mol. The van der Waals surface area contributed by atoms with Crippen molar-refractivity contribution in [1.29, 1.82) is 0 Å². The van der Waals surface area contributed by atoms with E-state index in [1.54, 1.807) is 0 Å². The van der Waals surface area contributed by atoms with E-state index < -0.39 is 0 Å². The first-order valence-electron chi connectivity index (χ1n) is 28.3. The summed E-state index contributed by atoms with van der Waals surface area (Å²) in [4.78, 5) is 0. The molecule has 0 aliphatic heterocycles. The second-order valence-electron chi connectivity index (χ2n) is 23.9. The number of nitrogens with zero attached hydrogens (tertiary/aromatic N) is 2. The lowest BCUT2D eigenvalue weighted by Crippen LogP contribution is -2.08. The quantitative estimate of drug-likeness (QED) is 0.0434. The number of hydrogen-bond donors (Lipinski definition) is 0. The molecule has 0 spiro atoms. The van der Waals surface area contributed by atoms with E-state index >= 15 is 0 Å². The molecule has 6 aromatic rings. The van der Waals surface area contributed by atoms with Crippen molar-refractivity contribution in [3.63, 3.8) is 0 Å². The summed E-state index contributed by atoms with van der Waals surface area (Å²) in [5, 5.41) is 5.11. The molecule has 0 amide bonds. The molecule has 4 aromatic carbocycles. The maximum absolute atomic E-state index is 7.18. The number of aromatic nitrogens is 2. The Balaban J connectivity index is 1.50. The van der Waals surface area contributed by atoms with Crippen LogP contribution in [0.2, 0.25) is 0 Å². The fraction of sp³-hybridized carbons (Fsp3) is 0.625. The minimum absolute atomic E-state index is 0.604. The number of ether oxygens (including phenoxy) is 2. The lowest BCUT2D eigenvalue weighted by Gasteiger charge is -2.20. The molecule has 4 nitrogen and oxygen atoms in total. The van der Waals surface area contributed by atoms with Gasteiger partial charge in [-0.1, -0.05) is 192 Å². The van der Waals surface area contributed by atoms with Gasteiger partial charge >= 0.3 is 0 Å². The smallest absolute Gasteiger partial charge is 0.129 e. The van der Waals surface area contributed by atoms with E-state index in [1.807, 2.05) is 0 Å². The molecular formula is C64H94Br2N2O2. The molecule has 2 heterocycles. The van der Waals surface area contributed by atoms with Crippen LogP contribution in [0.15, 0.2) is 69.6 Å². The van der Waals surface area contributed by atoms with Crippen LogP contribution in [0.4, 0.5) is 0 Å². The van der Waals surface area contributed by atoms with Gasteiger partial charge < -0.3 is 18.6 Å². The lowest BCUT2D eigenvalue weighted by atomic mass is 9.96. The number of hydrogen-bond acceptors (Lipinski definition) is 2. The second kappa shape index (κ2) is 27.4. The van der Waals surface area contributed by atoms with Gasteiger partial charge in [-0.15, -0.1) is 0 Å². The molecule has 4 atom stereocenters. The van der Waals surface area contributed by atoms with Crippen LogP contribution in [0, 0.1) is 47.3 Å². The predicted molar refractivity (Wildman–Crippen MR) is 314 cm³/mol. The van der Waals surface area contributed by atoms with E-state index in [2.05, 4.69) is 185 Å². The third-order valence-electron chi connectivity index (χ3n) is 15.5. The molecular weight excluding hydrogens is 989 g/mol. The summed E-state index contributed by atoms with van der Waals surface area (Å²) in [6.45, 7) is 31.8. The summed E-state index contributed by atoms with van der Waals surface area (Å²) < 4.78 is 21.8. The van der Waals surface area contributed by atoms with E-state index in [0.29, 0.717) is 36.9 Å². The highest BCUT2D eigenvalue weighted by atomic mass is 79.9. The number of fused-ring (bicyclic) bond motifs is 6. The van der Waals surface area contributed by atoms with Gasteiger partial charge in [-0.25, -0.2) is 0 Å². The average Bonchev–Trinajstić information content (AvgIpc) is 3.75. The van der Waals surface area contributed by atoms with Crippen LogP contribution in [0.1, 0.15) is 186 Å². The highest BCUT2D eigenvalue weighted by Gasteiger charge is 2.23. The zero-order chi connectivity index (χ0) is 50.5. The Morgan fingerprint density at radius 2 is 0.671 bits per heavy atom. The standard InChI is InChI=1S/C64H94Br2N2O2/c1-43(2)17-13-21-47(9)29-33-67-59-27-25-51(65)37-53(59)55-39-57(63(41-61(55)67)69-35-31-49(11)23-15-19-45(5)6)58-40-56-54-38-52(66)26-28-60(54)68(34-30-48(10)22-14-18-44(3)4)62(56)42-64(58)70-36-32-50(12)24-16-20-46(7)8/h25-28,37-50H,13-24,29-36H2,1-12H3. The molecule has 0 aliphatic carbocycles. The zero-order valence-electron chi connectivity index (χ0n) is 46.0. The minimum Gasteiger partial charge on any atom is -0.493 e. The normalized spacial score (nSPS) is 14.1. The number of aryl methyl sites for hydroxylation is 2. The van der Waals surface area contributed by atoms with Crippen LogP contribution in [0.25, 0.3) is 54.7 Å². The van der Waals surface area contributed by atoms with Gasteiger partial charge in [0, 0.05) is 77.9 Å². The highest BCUT2D eigenvalue weighted by molar-refractivity contribution is 9.10. The maximum Gasteiger partial charge on any atom is 0.129 e. The van der Waals surface area contributed by atoms with Gasteiger partial charge in [0.15, 0.2) is 0 Å². The van der Waals surface area contributed by atoms with E-state index in [0.717, 1.165) is 94.0 Å². The average molecular weight is 1080 g/mol. The summed E-state index contributed by atoms with van der Waals surface area (Å²) in [5.74, 6) is 7.45. The Bertz CT molecular complexity index is 2370. The molecule has 0 radical (unpaired) electrons. The lowest BCUT2D eigenvalue weighted by molar-refractivity contribution is 0.273. The second-order valence-corrected chi connectivity index (χ2v) is 25.8. The van der Waals surface area contributed by atoms with Gasteiger partial charge in [-0.2, -0.15) is 0 Å². The van der Waals surface area contributed by atoms with E-state index in [1.165, 1.54) is 121 Å². The SMILES string of the molecule is CC(C)CCCC(C)CCOc1cc2c(cc1-c1cc3c4cc(Br)ccc4n(CCC(C)CCCC(C)C)c3cc1OCCC(C)CCCC(C)C)c1cc(Br)ccc1n2CCC(C)CCCC(C)C. The maximum atomic E-state index is 7.18. The summed E-state index contributed by atoms with van der Waals surface area (Å²) >= 11 is 7.79. The first-order valence-corrected chi connectivity index (χ1v) is 29.8. The van der Waals surface area contributed by atoms with Crippen molar-refractivity contribution in [1.82, 2.24) is 9.13 Å².